The van der Waals surface area contributed by atoms with Crippen molar-refractivity contribution in [2.24, 2.45) is 0 Å². The third-order valence-corrected chi connectivity index (χ3v) is 4.05. The Bertz CT molecular complexity index is 737. The summed E-state index contributed by atoms with van der Waals surface area (Å²) in [6, 6.07) is 9.52. The van der Waals surface area contributed by atoms with Gasteiger partial charge in [-0.25, -0.2) is 0 Å². The van der Waals surface area contributed by atoms with E-state index < -0.39 is 6.61 Å². The fraction of sp³-hybridized carbons (Fsp3) is 0.333. The molecular formula is C18H19F2N3O2. The molecule has 7 heteroatoms. The molecule has 0 unspecified atom stereocenters. The number of benzene rings is 1. The Morgan fingerprint density at radius 1 is 1.28 bits per heavy atom. The summed E-state index contributed by atoms with van der Waals surface area (Å²) in [4.78, 5) is 18.6. The van der Waals surface area contributed by atoms with E-state index in [4.69, 9.17) is 0 Å². The van der Waals surface area contributed by atoms with Gasteiger partial charge in [-0.15, -0.1) is 0 Å². The highest BCUT2D eigenvalue weighted by molar-refractivity contribution is 5.99. The molecule has 3 rings (SSSR count). The lowest BCUT2D eigenvalue weighted by atomic mass is 10.0. The average molecular weight is 347 g/mol. The van der Waals surface area contributed by atoms with Crippen molar-refractivity contribution in [3.05, 3.63) is 48.3 Å². The first-order valence-electron chi connectivity index (χ1n) is 8.08. The van der Waals surface area contributed by atoms with Crippen molar-refractivity contribution in [2.75, 3.05) is 16.8 Å². The van der Waals surface area contributed by atoms with Crippen molar-refractivity contribution in [3.8, 4) is 5.75 Å². The minimum absolute atomic E-state index is 0.0387. The van der Waals surface area contributed by atoms with E-state index in [9.17, 15) is 13.6 Å². The summed E-state index contributed by atoms with van der Waals surface area (Å²) in [5, 5.41) is 3.25. The van der Waals surface area contributed by atoms with Gasteiger partial charge in [0.15, 0.2) is 0 Å². The summed E-state index contributed by atoms with van der Waals surface area (Å²) in [7, 11) is 0. The number of nitrogens with zero attached hydrogens (tertiary/aromatic N) is 2. The molecule has 1 amide bonds. The molecule has 0 bridgehead atoms. The molecule has 2 aromatic rings. The number of hydrogen-bond acceptors (Lipinski definition) is 4. The van der Waals surface area contributed by atoms with Crippen LogP contribution in [0, 0.1) is 6.92 Å². The first-order chi connectivity index (χ1) is 12.0. The van der Waals surface area contributed by atoms with E-state index in [0.717, 1.165) is 24.2 Å². The monoisotopic (exact) mass is 347 g/mol. The average Bonchev–Trinajstić information content (AvgIpc) is 2.57. The van der Waals surface area contributed by atoms with Crippen LogP contribution in [0.2, 0.25) is 0 Å². The fourth-order valence-electron chi connectivity index (χ4n) is 2.91. The Morgan fingerprint density at radius 2 is 2.04 bits per heavy atom. The summed E-state index contributed by atoms with van der Waals surface area (Å²) < 4.78 is 28.8. The third-order valence-electron chi connectivity index (χ3n) is 4.05. The zero-order chi connectivity index (χ0) is 17.8. The maximum Gasteiger partial charge on any atom is 0.387 e. The van der Waals surface area contributed by atoms with Gasteiger partial charge >= 0.3 is 6.61 Å². The van der Waals surface area contributed by atoms with E-state index in [0.29, 0.717) is 12.2 Å². The number of rotatable bonds is 5. The molecule has 25 heavy (non-hydrogen) atoms. The quantitative estimate of drug-likeness (QED) is 0.898. The maximum atomic E-state index is 12.8. The van der Waals surface area contributed by atoms with Crippen LogP contribution in [0.25, 0.3) is 0 Å². The summed E-state index contributed by atoms with van der Waals surface area (Å²) in [6.07, 6.45) is 3.29. The highest BCUT2D eigenvalue weighted by atomic mass is 19.3. The molecule has 1 N–H and O–H groups in total. The number of carbonyl (C=O) groups excluding carboxylic acids is 1. The standard InChI is InChI=1S/C18H19F2N3O2/c1-12-11-13(8-9-21-12)22-16-3-2-10-23(17(16)24)14-4-6-15(7-5-14)25-18(19)20/h4-9,11,16,18H,2-3,10H2,1H3,(H,21,22)/t16-/m1/s1. The van der Waals surface area contributed by atoms with Gasteiger partial charge in [-0.3, -0.25) is 9.78 Å². The van der Waals surface area contributed by atoms with Crippen molar-refractivity contribution in [1.82, 2.24) is 4.98 Å². The zero-order valence-corrected chi connectivity index (χ0v) is 13.8. The van der Waals surface area contributed by atoms with Crippen molar-refractivity contribution in [3.63, 3.8) is 0 Å². The lowest BCUT2D eigenvalue weighted by molar-refractivity contribution is -0.120. The van der Waals surface area contributed by atoms with E-state index in [1.807, 2.05) is 19.1 Å². The van der Waals surface area contributed by atoms with Crippen LogP contribution in [0.4, 0.5) is 20.2 Å². The lowest BCUT2D eigenvalue weighted by Gasteiger charge is -2.33. The number of halogens is 2. The Morgan fingerprint density at radius 3 is 2.72 bits per heavy atom. The van der Waals surface area contributed by atoms with Gasteiger partial charge < -0.3 is 15.0 Å². The molecule has 1 aromatic heterocycles. The highest BCUT2D eigenvalue weighted by Gasteiger charge is 2.29. The molecule has 0 saturated carbocycles. The number of piperidine rings is 1. The number of hydrogen-bond donors (Lipinski definition) is 1. The minimum Gasteiger partial charge on any atom is -0.435 e. The molecule has 2 heterocycles. The van der Waals surface area contributed by atoms with Gasteiger partial charge in [-0.05, 0) is 56.2 Å². The number of nitrogens with one attached hydrogen (secondary N) is 1. The fourth-order valence-corrected chi connectivity index (χ4v) is 2.91. The van der Waals surface area contributed by atoms with Gasteiger partial charge in [0.2, 0.25) is 5.91 Å². The van der Waals surface area contributed by atoms with E-state index >= 15 is 0 Å². The molecule has 5 nitrogen and oxygen atoms in total. The van der Waals surface area contributed by atoms with Gasteiger partial charge in [-0.2, -0.15) is 8.78 Å². The first-order valence-corrected chi connectivity index (χ1v) is 8.08. The van der Waals surface area contributed by atoms with Crippen LogP contribution in [0.15, 0.2) is 42.6 Å². The molecule has 1 aliphatic heterocycles. The molecule has 1 saturated heterocycles. The van der Waals surface area contributed by atoms with Crippen molar-refractivity contribution >= 4 is 17.3 Å². The number of amides is 1. The first kappa shape index (κ1) is 17.1. The second kappa shape index (κ2) is 7.46. The molecule has 0 spiro atoms. The molecule has 1 atom stereocenters. The predicted molar refractivity (Wildman–Crippen MR) is 91.0 cm³/mol. The van der Waals surface area contributed by atoms with Gasteiger partial charge in [-0.1, -0.05) is 0 Å². The molecule has 1 fully saturated rings. The van der Waals surface area contributed by atoms with Crippen molar-refractivity contribution < 1.29 is 18.3 Å². The highest BCUT2D eigenvalue weighted by Crippen LogP contribution is 2.26. The molecule has 132 valence electrons. The second-order valence-electron chi connectivity index (χ2n) is 5.89. The molecule has 0 radical (unpaired) electrons. The predicted octanol–water partition coefficient (Wildman–Crippen LogP) is 3.60. The molecular weight excluding hydrogens is 328 g/mol. The van der Waals surface area contributed by atoms with Gasteiger partial charge in [0.25, 0.3) is 0 Å². The van der Waals surface area contributed by atoms with Gasteiger partial charge in [0.1, 0.15) is 11.8 Å². The van der Waals surface area contributed by atoms with Gasteiger partial charge in [0.05, 0.1) is 0 Å². The SMILES string of the molecule is Cc1cc(N[C@@H]2CCCN(c3ccc(OC(F)F)cc3)C2=O)ccn1. The number of anilines is 2. The van der Waals surface area contributed by atoms with E-state index in [1.54, 1.807) is 23.2 Å². The Balaban J connectivity index is 1.71. The van der Waals surface area contributed by atoms with E-state index in [-0.39, 0.29) is 17.7 Å². The number of pyridine rings is 1. The van der Waals surface area contributed by atoms with E-state index in [2.05, 4.69) is 15.0 Å². The summed E-state index contributed by atoms with van der Waals surface area (Å²) >= 11 is 0. The van der Waals surface area contributed by atoms with Crippen LogP contribution in [-0.2, 0) is 4.79 Å². The largest absolute Gasteiger partial charge is 0.435 e. The normalized spacial score (nSPS) is 17.7. The van der Waals surface area contributed by atoms with Crippen LogP contribution < -0.4 is 15.0 Å². The second-order valence-corrected chi connectivity index (χ2v) is 5.89. The zero-order valence-electron chi connectivity index (χ0n) is 13.8. The third kappa shape index (κ3) is 4.23. The number of carbonyl (C=O) groups is 1. The minimum atomic E-state index is -2.86. The van der Waals surface area contributed by atoms with Crippen LogP contribution in [0.5, 0.6) is 5.75 Å². The van der Waals surface area contributed by atoms with Crippen LogP contribution in [0.1, 0.15) is 18.5 Å². The molecule has 0 aliphatic carbocycles. The lowest BCUT2D eigenvalue weighted by Crippen LogP contribution is -2.47. The number of aromatic nitrogens is 1. The number of aryl methyl sites for hydroxylation is 1. The smallest absolute Gasteiger partial charge is 0.387 e. The van der Waals surface area contributed by atoms with Crippen LogP contribution in [0.3, 0.4) is 0 Å². The topological polar surface area (TPSA) is 54.5 Å². The maximum absolute atomic E-state index is 12.8. The summed E-state index contributed by atoms with van der Waals surface area (Å²) in [5.41, 5.74) is 2.40. The van der Waals surface area contributed by atoms with Crippen LogP contribution in [-0.4, -0.2) is 30.1 Å². The Labute approximate surface area is 144 Å². The molecule has 1 aromatic carbocycles. The number of ether oxygens (including phenoxy) is 1. The Hall–Kier alpha value is -2.70. The van der Waals surface area contributed by atoms with Crippen LogP contribution >= 0.6 is 0 Å². The summed E-state index contributed by atoms with van der Waals surface area (Å²) in [6.45, 7) is -0.371. The van der Waals surface area contributed by atoms with E-state index in [1.165, 1.54) is 12.1 Å². The molecule has 1 aliphatic rings. The Kier molecular flexibility index (Phi) is 5.11. The van der Waals surface area contributed by atoms with Gasteiger partial charge in [0, 0.05) is 29.8 Å². The van der Waals surface area contributed by atoms with Crippen molar-refractivity contribution in [1.29, 1.82) is 0 Å². The number of alkyl halides is 2. The van der Waals surface area contributed by atoms with Crippen molar-refractivity contribution in [2.45, 2.75) is 32.4 Å². The summed E-state index contributed by atoms with van der Waals surface area (Å²) in [5.74, 6) is 0.0355.